The van der Waals surface area contributed by atoms with Crippen LogP contribution in [0.1, 0.15) is 32.3 Å². The first-order chi connectivity index (χ1) is 6.43. The second-order valence-electron chi connectivity index (χ2n) is 4.27. The van der Waals surface area contributed by atoms with Crippen LogP contribution in [0.5, 0.6) is 0 Å². The van der Waals surface area contributed by atoms with Gasteiger partial charge in [-0.2, -0.15) is 0 Å². The lowest BCUT2D eigenvalue weighted by Crippen LogP contribution is -2.09. The van der Waals surface area contributed by atoms with Crippen molar-refractivity contribution in [1.29, 1.82) is 0 Å². The van der Waals surface area contributed by atoms with Gasteiger partial charge in [-0.1, -0.05) is 20.8 Å². The van der Waals surface area contributed by atoms with E-state index in [0.29, 0.717) is 5.76 Å². The van der Waals surface area contributed by atoms with Gasteiger partial charge < -0.3 is 9.15 Å². The van der Waals surface area contributed by atoms with Crippen LogP contribution in [-0.4, -0.2) is 13.1 Å². The van der Waals surface area contributed by atoms with Crippen LogP contribution in [0.2, 0.25) is 0 Å². The quantitative estimate of drug-likeness (QED) is 0.681. The second-order valence-corrected chi connectivity index (χ2v) is 4.27. The van der Waals surface area contributed by atoms with Crippen LogP contribution in [0.3, 0.4) is 0 Å². The van der Waals surface area contributed by atoms with Crippen LogP contribution >= 0.6 is 0 Å². The van der Waals surface area contributed by atoms with E-state index in [1.54, 1.807) is 0 Å². The SMILES string of the molecule is COC(=O)Cc1ccc(C(C)(C)C)o1. The minimum absolute atomic E-state index is 0.0195. The maximum Gasteiger partial charge on any atom is 0.313 e. The zero-order valence-corrected chi connectivity index (χ0v) is 9.09. The Kier molecular flexibility index (Phi) is 2.99. The molecule has 0 atom stereocenters. The van der Waals surface area contributed by atoms with E-state index < -0.39 is 0 Å². The summed E-state index contributed by atoms with van der Waals surface area (Å²) < 4.78 is 10.1. The van der Waals surface area contributed by atoms with Crippen molar-refractivity contribution in [2.24, 2.45) is 0 Å². The average Bonchev–Trinajstić information content (AvgIpc) is 2.51. The van der Waals surface area contributed by atoms with E-state index in [1.807, 2.05) is 12.1 Å². The Labute approximate surface area is 84.1 Å². The van der Waals surface area contributed by atoms with Gasteiger partial charge >= 0.3 is 5.97 Å². The number of hydrogen-bond donors (Lipinski definition) is 0. The molecule has 3 nitrogen and oxygen atoms in total. The minimum atomic E-state index is -0.278. The molecule has 0 aliphatic rings. The molecule has 0 amide bonds. The molecule has 0 fully saturated rings. The largest absolute Gasteiger partial charge is 0.469 e. The van der Waals surface area contributed by atoms with Crippen LogP contribution in [-0.2, 0) is 21.4 Å². The molecular formula is C11H16O3. The van der Waals surface area contributed by atoms with E-state index in [1.165, 1.54) is 7.11 Å². The second kappa shape index (κ2) is 3.86. The minimum Gasteiger partial charge on any atom is -0.469 e. The number of rotatable bonds is 2. The van der Waals surface area contributed by atoms with Crippen LogP contribution < -0.4 is 0 Å². The van der Waals surface area contributed by atoms with Crippen LogP contribution in [0.4, 0.5) is 0 Å². The van der Waals surface area contributed by atoms with Crippen molar-refractivity contribution in [1.82, 2.24) is 0 Å². The molecule has 0 saturated carbocycles. The lowest BCUT2D eigenvalue weighted by atomic mass is 9.94. The van der Waals surface area contributed by atoms with Crippen LogP contribution in [0.25, 0.3) is 0 Å². The summed E-state index contributed by atoms with van der Waals surface area (Å²) in [5.41, 5.74) is -0.0195. The third kappa shape index (κ3) is 2.62. The molecule has 1 aromatic rings. The fraction of sp³-hybridized carbons (Fsp3) is 0.545. The summed E-state index contributed by atoms with van der Waals surface area (Å²) in [7, 11) is 1.37. The van der Waals surface area contributed by atoms with E-state index >= 15 is 0 Å². The summed E-state index contributed by atoms with van der Waals surface area (Å²) in [5, 5.41) is 0. The molecule has 0 bridgehead atoms. The van der Waals surface area contributed by atoms with Gasteiger partial charge in [0.2, 0.25) is 0 Å². The molecule has 0 spiro atoms. The normalized spacial score (nSPS) is 11.4. The monoisotopic (exact) mass is 196 g/mol. The third-order valence-electron chi connectivity index (χ3n) is 1.95. The van der Waals surface area contributed by atoms with Gasteiger partial charge in [-0.3, -0.25) is 4.79 Å². The van der Waals surface area contributed by atoms with E-state index in [-0.39, 0.29) is 17.8 Å². The van der Waals surface area contributed by atoms with Crippen molar-refractivity contribution in [2.45, 2.75) is 32.6 Å². The Morgan fingerprint density at radius 3 is 2.50 bits per heavy atom. The Hall–Kier alpha value is -1.25. The summed E-state index contributed by atoms with van der Waals surface area (Å²) in [6.07, 6.45) is 0.201. The van der Waals surface area contributed by atoms with Gasteiger partial charge in [0.25, 0.3) is 0 Å². The molecule has 14 heavy (non-hydrogen) atoms. The zero-order valence-electron chi connectivity index (χ0n) is 9.09. The number of carbonyl (C=O) groups is 1. The van der Waals surface area contributed by atoms with Crippen LogP contribution in [0, 0.1) is 0 Å². The summed E-state index contributed by atoms with van der Waals surface area (Å²) in [5.74, 6) is 1.26. The molecule has 0 N–H and O–H groups in total. The van der Waals surface area contributed by atoms with Gasteiger partial charge in [0.15, 0.2) is 0 Å². The Morgan fingerprint density at radius 2 is 2.07 bits per heavy atom. The third-order valence-corrected chi connectivity index (χ3v) is 1.95. The molecule has 0 radical (unpaired) electrons. The molecule has 1 aromatic heterocycles. The lowest BCUT2D eigenvalue weighted by Gasteiger charge is -2.13. The summed E-state index contributed by atoms with van der Waals surface area (Å²) in [6.45, 7) is 6.19. The van der Waals surface area contributed by atoms with Gasteiger partial charge in [0.1, 0.15) is 17.9 Å². The molecule has 0 aliphatic carbocycles. The maximum absolute atomic E-state index is 11.0. The lowest BCUT2D eigenvalue weighted by molar-refractivity contribution is -0.140. The predicted molar refractivity (Wildman–Crippen MR) is 53.1 cm³/mol. The number of furan rings is 1. The van der Waals surface area contributed by atoms with E-state index in [2.05, 4.69) is 25.5 Å². The van der Waals surface area contributed by atoms with Gasteiger partial charge in [-0.25, -0.2) is 0 Å². The van der Waals surface area contributed by atoms with Gasteiger partial charge in [0.05, 0.1) is 7.11 Å². The van der Waals surface area contributed by atoms with Crippen molar-refractivity contribution in [3.05, 3.63) is 23.7 Å². The average molecular weight is 196 g/mol. The van der Waals surface area contributed by atoms with Crippen molar-refractivity contribution < 1.29 is 13.9 Å². The molecule has 1 heterocycles. The number of ether oxygens (including phenoxy) is 1. The van der Waals surface area contributed by atoms with Crippen molar-refractivity contribution in [2.75, 3.05) is 7.11 Å². The van der Waals surface area contributed by atoms with Crippen molar-refractivity contribution in [3.63, 3.8) is 0 Å². The van der Waals surface area contributed by atoms with Crippen molar-refractivity contribution >= 4 is 5.97 Å². The van der Waals surface area contributed by atoms with Crippen molar-refractivity contribution in [3.8, 4) is 0 Å². The van der Waals surface area contributed by atoms with E-state index in [9.17, 15) is 4.79 Å². The molecular weight excluding hydrogens is 180 g/mol. The highest BCUT2D eigenvalue weighted by molar-refractivity contribution is 5.71. The first-order valence-corrected chi connectivity index (χ1v) is 4.59. The van der Waals surface area contributed by atoms with E-state index in [0.717, 1.165) is 5.76 Å². The molecule has 0 aromatic carbocycles. The molecule has 0 aliphatic heterocycles. The Balaban J connectivity index is 2.74. The summed E-state index contributed by atoms with van der Waals surface area (Å²) in [6, 6.07) is 3.72. The number of esters is 1. The first kappa shape index (κ1) is 10.8. The first-order valence-electron chi connectivity index (χ1n) is 4.59. The highest BCUT2D eigenvalue weighted by atomic mass is 16.5. The van der Waals surface area contributed by atoms with E-state index in [4.69, 9.17) is 4.42 Å². The highest BCUT2D eigenvalue weighted by Gasteiger charge is 2.18. The standard InChI is InChI=1S/C11H16O3/c1-11(2,3)9-6-5-8(14-9)7-10(12)13-4/h5-6H,7H2,1-4H3. The Bertz CT molecular complexity index is 318. The fourth-order valence-corrected chi connectivity index (χ4v) is 1.09. The summed E-state index contributed by atoms with van der Waals surface area (Å²) in [4.78, 5) is 11.0. The molecule has 0 saturated heterocycles. The summed E-state index contributed by atoms with van der Waals surface area (Å²) >= 11 is 0. The van der Waals surface area contributed by atoms with Gasteiger partial charge in [0, 0.05) is 5.41 Å². The topological polar surface area (TPSA) is 39.4 Å². The smallest absolute Gasteiger partial charge is 0.313 e. The number of hydrogen-bond acceptors (Lipinski definition) is 3. The molecule has 78 valence electrons. The number of carbonyl (C=O) groups excluding carboxylic acids is 1. The highest BCUT2D eigenvalue weighted by Crippen LogP contribution is 2.24. The Morgan fingerprint density at radius 1 is 1.43 bits per heavy atom. The molecule has 3 heteroatoms. The fourth-order valence-electron chi connectivity index (χ4n) is 1.09. The molecule has 1 rings (SSSR count). The molecule has 0 unspecified atom stereocenters. The maximum atomic E-state index is 11.0. The zero-order chi connectivity index (χ0) is 10.8. The van der Waals surface area contributed by atoms with Gasteiger partial charge in [-0.15, -0.1) is 0 Å². The number of methoxy groups -OCH3 is 1. The predicted octanol–water partition coefficient (Wildman–Crippen LogP) is 2.29. The van der Waals surface area contributed by atoms with Gasteiger partial charge in [-0.05, 0) is 12.1 Å². The van der Waals surface area contributed by atoms with Crippen LogP contribution in [0.15, 0.2) is 16.5 Å².